The monoisotopic (exact) mass is 409 g/mol. The van der Waals surface area contributed by atoms with Crippen molar-refractivity contribution in [2.24, 2.45) is 0 Å². The van der Waals surface area contributed by atoms with E-state index in [4.69, 9.17) is 0 Å². The summed E-state index contributed by atoms with van der Waals surface area (Å²) in [6.07, 6.45) is 0. The normalized spacial score (nSPS) is 10.7. The first-order chi connectivity index (χ1) is 13.7. The molecule has 0 radical (unpaired) electrons. The molecule has 4 rings (SSSR count). The number of benzene rings is 2. The molecule has 3 N–H and O–H groups in total. The number of para-hydroxylation sites is 1. The lowest BCUT2D eigenvalue weighted by molar-refractivity contribution is -0.119. The number of carbonyl (C=O) groups is 2. The fourth-order valence-corrected chi connectivity index (χ4v) is 4.33. The van der Waals surface area contributed by atoms with Crippen LogP contribution in [0, 0.1) is 0 Å². The van der Waals surface area contributed by atoms with E-state index in [1.807, 2.05) is 54.6 Å². The highest BCUT2D eigenvalue weighted by Gasteiger charge is 2.13. The van der Waals surface area contributed by atoms with Crippen molar-refractivity contribution in [1.82, 2.24) is 26.0 Å². The van der Waals surface area contributed by atoms with Crippen LogP contribution in [-0.4, -0.2) is 32.7 Å². The fourth-order valence-electron chi connectivity index (χ4n) is 2.46. The maximum atomic E-state index is 12.2. The summed E-state index contributed by atoms with van der Waals surface area (Å²) in [6, 6.07) is 18.9. The molecular formula is C19H15N5O2S2. The summed E-state index contributed by atoms with van der Waals surface area (Å²) < 4.78 is 1.89. The van der Waals surface area contributed by atoms with Gasteiger partial charge in [0, 0.05) is 5.56 Å². The number of H-pyrrole nitrogens is 1. The molecule has 0 unspecified atom stereocenters. The van der Waals surface area contributed by atoms with E-state index in [9.17, 15) is 9.59 Å². The zero-order valence-corrected chi connectivity index (χ0v) is 16.1. The third-order valence-electron chi connectivity index (χ3n) is 3.81. The minimum Gasteiger partial charge on any atom is -0.272 e. The van der Waals surface area contributed by atoms with Crippen molar-refractivity contribution in [2.75, 3.05) is 5.75 Å². The van der Waals surface area contributed by atoms with Gasteiger partial charge in [-0.25, -0.2) is 4.98 Å². The van der Waals surface area contributed by atoms with Crippen molar-refractivity contribution in [2.45, 2.75) is 4.34 Å². The second kappa shape index (κ2) is 8.24. The molecular weight excluding hydrogens is 394 g/mol. The quantitative estimate of drug-likeness (QED) is 0.347. The van der Waals surface area contributed by atoms with Gasteiger partial charge in [0.25, 0.3) is 5.91 Å². The molecule has 4 aromatic rings. The molecule has 0 aliphatic heterocycles. The summed E-state index contributed by atoms with van der Waals surface area (Å²) >= 11 is 2.86. The molecule has 2 aromatic heterocycles. The summed E-state index contributed by atoms with van der Waals surface area (Å²) in [6.45, 7) is 0. The average Bonchev–Trinajstić information content (AvgIpc) is 3.38. The predicted molar refractivity (Wildman–Crippen MR) is 110 cm³/mol. The Balaban J connectivity index is 1.28. The Bertz CT molecular complexity index is 1090. The number of thioether (sulfide) groups is 1. The van der Waals surface area contributed by atoms with Gasteiger partial charge in [0.15, 0.2) is 4.34 Å². The van der Waals surface area contributed by atoms with Gasteiger partial charge < -0.3 is 0 Å². The van der Waals surface area contributed by atoms with Crippen LogP contribution in [0.2, 0.25) is 0 Å². The van der Waals surface area contributed by atoms with Crippen LogP contribution in [0.5, 0.6) is 0 Å². The number of nitrogens with one attached hydrogen (secondary N) is 3. The number of rotatable bonds is 5. The van der Waals surface area contributed by atoms with Crippen LogP contribution in [0.3, 0.4) is 0 Å². The molecule has 28 heavy (non-hydrogen) atoms. The molecule has 0 saturated carbocycles. The molecule has 9 heteroatoms. The predicted octanol–water partition coefficient (Wildman–Crippen LogP) is 3.24. The minimum absolute atomic E-state index is 0.151. The number of carbonyl (C=O) groups excluding carboxylic acids is 2. The lowest BCUT2D eigenvalue weighted by atomic mass is 10.1. The Morgan fingerprint density at radius 1 is 1.04 bits per heavy atom. The number of aromatic amines is 1. The largest absolute Gasteiger partial charge is 0.287 e. The maximum Gasteiger partial charge on any atom is 0.287 e. The smallest absolute Gasteiger partial charge is 0.272 e. The number of aromatic nitrogens is 3. The molecule has 0 fully saturated rings. The van der Waals surface area contributed by atoms with E-state index in [2.05, 4.69) is 26.0 Å². The number of amides is 2. The van der Waals surface area contributed by atoms with Crippen LogP contribution in [-0.2, 0) is 4.79 Å². The Hall–Kier alpha value is -3.17. The van der Waals surface area contributed by atoms with Gasteiger partial charge in [0.2, 0.25) is 5.91 Å². The highest BCUT2D eigenvalue weighted by atomic mass is 32.2. The molecule has 2 aromatic carbocycles. The van der Waals surface area contributed by atoms with E-state index in [0.29, 0.717) is 5.69 Å². The first-order valence-corrected chi connectivity index (χ1v) is 10.2. The van der Waals surface area contributed by atoms with Gasteiger partial charge in [0.05, 0.1) is 21.7 Å². The highest BCUT2D eigenvalue weighted by Crippen LogP contribution is 2.28. The minimum atomic E-state index is -0.465. The van der Waals surface area contributed by atoms with Gasteiger partial charge >= 0.3 is 0 Å². The molecule has 140 valence electrons. The zero-order chi connectivity index (χ0) is 19.3. The van der Waals surface area contributed by atoms with Crippen LogP contribution in [0.25, 0.3) is 21.5 Å². The van der Waals surface area contributed by atoms with Gasteiger partial charge in [-0.1, -0.05) is 54.2 Å². The SMILES string of the molecule is O=C(CSc1nc2ccccc2s1)NNC(=O)c1cc(-c2ccccc2)n[nH]1. The summed E-state index contributed by atoms with van der Waals surface area (Å²) in [5.41, 5.74) is 7.52. The number of fused-ring (bicyclic) bond motifs is 1. The maximum absolute atomic E-state index is 12.2. The lowest BCUT2D eigenvalue weighted by Gasteiger charge is -2.04. The summed E-state index contributed by atoms with van der Waals surface area (Å²) in [5.74, 6) is -0.633. The highest BCUT2D eigenvalue weighted by molar-refractivity contribution is 8.01. The van der Waals surface area contributed by atoms with Gasteiger partial charge in [-0.15, -0.1) is 11.3 Å². The first kappa shape index (κ1) is 18.2. The van der Waals surface area contributed by atoms with Crippen molar-refractivity contribution in [3.8, 4) is 11.3 Å². The molecule has 2 heterocycles. The topological polar surface area (TPSA) is 99.8 Å². The van der Waals surface area contributed by atoms with Gasteiger partial charge in [-0.2, -0.15) is 5.10 Å². The summed E-state index contributed by atoms with van der Waals surface area (Å²) in [5, 5.41) is 6.80. The Labute approximate surface area is 168 Å². The molecule has 0 aliphatic carbocycles. The van der Waals surface area contributed by atoms with Crippen molar-refractivity contribution in [3.05, 3.63) is 66.4 Å². The van der Waals surface area contributed by atoms with E-state index in [1.165, 1.54) is 23.1 Å². The van der Waals surface area contributed by atoms with E-state index < -0.39 is 5.91 Å². The average molecular weight is 409 g/mol. The van der Waals surface area contributed by atoms with E-state index in [1.54, 1.807) is 6.07 Å². The van der Waals surface area contributed by atoms with Crippen LogP contribution in [0.1, 0.15) is 10.5 Å². The molecule has 2 amide bonds. The Kier molecular flexibility index (Phi) is 5.36. The van der Waals surface area contributed by atoms with E-state index in [-0.39, 0.29) is 17.4 Å². The number of hydrogen-bond acceptors (Lipinski definition) is 6. The van der Waals surface area contributed by atoms with Crippen LogP contribution < -0.4 is 10.9 Å². The standard InChI is InChI=1S/C19H15N5O2S2/c25-17(11-27-19-20-13-8-4-5-9-16(13)28-19)23-24-18(26)15-10-14(21-22-15)12-6-2-1-3-7-12/h1-10H,11H2,(H,21,22)(H,23,25)(H,24,26). The number of hydrazine groups is 1. The van der Waals surface area contributed by atoms with Gasteiger partial charge in [-0.05, 0) is 18.2 Å². The molecule has 0 saturated heterocycles. The fraction of sp³-hybridized carbons (Fsp3) is 0.0526. The van der Waals surface area contributed by atoms with Crippen molar-refractivity contribution in [1.29, 1.82) is 0 Å². The van der Waals surface area contributed by atoms with Crippen molar-refractivity contribution in [3.63, 3.8) is 0 Å². The zero-order valence-electron chi connectivity index (χ0n) is 14.5. The van der Waals surface area contributed by atoms with E-state index >= 15 is 0 Å². The molecule has 7 nitrogen and oxygen atoms in total. The van der Waals surface area contributed by atoms with Crippen LogP contribution in [0.15, 0.2) is 65.0 Å². The Morgan fingerprint density at radius 2 is 1.82 bits per heavy atom. The first-order valence-electron chi connectivity index (χ1n) is 8.37. The second-order valence-corrected chi connectivity index (χ2v) is 8.02. The van der Waals surface area contributed by atoms with Gasteiger partial charge in [-0.3, -0.25) is 25.5 Å². The number of hydrogen-bond donors (Lipinski definition) is 3. The summed E-state index contributed by atoms with van der Waals surface area (Å²) in [7, 11) is 0. The third kappa shape index (κ3) is 4.21. The molecule has 0 atom stereocenters. The number of nitrogens with zero attached hydrogens (tertiary/aromatic N) is 2. The van der Waals surface area contributed by atoms with Crippen molar-refractivity contribution < 1.29 is 9.59 Å². The summed E-state index contributed by atoms with van der Waals surface area (Å²) in [4.78, 5) is 28.6. The lowest BCUT2D eigenvalue weighted by Crippen LogP contribution is -2.42. The third-order valence-corrected chi connectivity index (χ3v) is 5.99. The number of thiazole rings is 1. The molecule has 0 bridgehead atoms. The van der Waals surface area contributed by atoms with Gasteiger partial charge in [0.1, 0.15) is 5.69 Å². The molecule has 0 aliphatic rings. The molecule has 0 spiro atoms. The van der Waals surface area contributed by atoms with Crippen molar-refractivity contribution >= 4 is 45.1 Å². The second-order valence-electron chi connectivity index (χ2n) is 5.77. The van der Waals surface area contributed by atoms with Crippen LogP contribution >= 0.6 is 23.1 Å². The Morgan fingerprint density at radius 3 is 2.64 bits per heavy atom. The van der Waals surface area contributed by atoms with E-state index in [0.717, 1.165) is 20.1 Å². The van der Waals surface area contributed by atoms with Crippen LogP contribution in [0.4, 0.5) is 0 Å².